The lowest BCUT2D eigenvalue weighted by Gasteiger charge is -2.37. The monoisotopic (exact) mass is 399 g/mol. The number of non-ortho nitro benzene ring substituents is 1. The molecule has 0 spiro atoms. The average Bonchev–Trinajstić information content (AvgIpc) is 3.24. The maximum absolute atomic E-state index is 13.3. The molecule has 0 saturated heterocycles. The van der Waals surface area contributed by atoms with Crippen LogP contribution in [0.4, 0.5) is 5.69 Å². The van der Waals surface area contributed by atoms with Gasteiger partial charge in [0.05, 0.1) is 16.7 Å². The SMILES string of the molecule is O=C(c1ccc([N+](=O)[O-])cc1)C1Oc2ccccc2C2CC(c3ccccc3)=NN12. The molecule has 30 heavy (non-hydrogen) atoms. The number of rotatable bonds is 4. The van der Waals surface area contributed by atoms with Gasteiger partial charge in [-0.25, -0.2) is 5.01 Å². The number of nitrogens with zero attached hydrogens (tertiary/aromatic N) is 3. The van der Waals surface area contributed by atoms with Crippen molar-refractivity contribution >= 4 is 17.2 Å². The number of hydrogen-bond donors (Lipinski definition) is 0. The Morgan fingerprint density at radius 1 is 1.00 bits per heavy atom. The third kappa shape index (κ3) is 3.00. The van der Waals surface area contributed by atoms with Gasteiger partial charge in [-0.2, -0.15) is 5.10 Å². The minimum absolute atomic E-state index is 0.0649. The summed E-state index contributed by atoms with van der Waals surface area (Å²) in [5.41, 5.74) is 3.16. The highest BCUT2D eigenvalue weighted by atomic mass is 16.6. The molecule has 0 N–H and O–H groups in total. The van der Waals surface area contributed by atoms with Crippen molar-refractivity contribution in [3.63, 3.8) is 0 Å². The van der Waals surface area contributed by atoms with Crippen molar-refractivity contribution in [3.05, 3.63) is 106 Å². The van der Waals surface area contributed by atoms with Gasteiger partial charge in [-0.1, -0.05) is 48.5 Å². The maximum Gasteiger partial charge on any atom is 0.269 e. The van der Waals surface area contributed by atoms with Gasteiger partial charge in [0.2, 0.25) is 5.78 Å². The lowest BCUT2D eigenvalue weighted by molar-refractivity contribution is -0.384. The van der Waals surface area contributed by atoms with Crippen LogP contribution >= 0.6 is 0 Å². The molecule has 2 unspecified atom stereocenters. The van der Waals surface area contributed by atoms with E-state index in [2.05, 4.69) is 0 Å². The van der Waals surface area contributed by atoms with Crippen molar-refractivity contribution in [1.29, 1.82) is 0 Å². The summed E-state index contributed by atoms with van der Waals surface area (Å²) in [4.78, 5) is 23.7. The molecule has 2 aliphatic rings. The van der Waals surface area contributed by atoms with E-state index in [0.717, 1.165) is 16.8 Å². The molecule has 2 atom stereocenters. The molecule has 3 aromatic rings. The van der Waals surface area contributed by atoms with Crippen LogP contribution in [0, 0.1) is 10.1 Å². The molecule has 0 amide bonds. The van der Waals surface area contributed by atoms with Gasteiger partial charge in [-0.3, -0.25) is 14.9 Å². The zero-order chi connectivity index (χ0) is 20.7. The standard InChI is InChI=1S/C23H17N3O4/c27-22(16-10-12-17(13-11-16)26(28)29)23-25-20(18-8-4-5-9-21(18)30-23)14-19(24-25)15-6-2-1-3-7-15/h1-13,20,23H,14H2. The second-order valence-electron chi connectivity index (χ2n) is 7.19. The molecule has 2 aliphatic heterocycles. The number of carbonyl (C=O) groups is 1. The van der Waals surface area contributed by atoms with Crippen molar-refractivity contribution in [3.8, 4) is 5.75 Å². The molecule has 7 nitrogen and oxygen atoms in total. The van der Waals surface area contributed by atoms with Crippen LogP contribution in [0.25, 0.3) is 0 Å². The van der Waals surface area contributed by atoms with E-state index in [0.29, 0.717) is 17.7 Å². The Balaban J connectivity index is 1.53. The Hall–Kier alpha value is -4.00. The number of ether oxygens (including phenoxy) is 1. The molecular weight excluding hydrogens is 382 g/mol. The van der Waals surface area contributed by atoms with E-state index in [-0.39, 0.29) is 17.5 Å². The number of carbonyl (C=O) groups excluding carboxylic acids is 1. The maximum atomic E-state index is 13.3. The molecule has 7 heteroatoms. The minimum atomic E-state index is -0.937. The van der Waals surface area contributed by atoms with Crippen LogP contribution in [0.3, 0.4) is 0 Å². The van der Waals surface area contributed by atoms with Crippen molar-refractivity contribution in [2.75, 3.05) is 0 Å². The van der Waals surface area contributed by atoms with Crippen molar-refractivity contribution in [1.82, 2.24) is 5.01 Å². The minimum Gasteiger partial charge on any atom is -0.461 e. The van der Waals surface area contributed by atoms with Crippen LogP contribution < -0.4 is 4.74 Å². The fourth-order valence-electron chi connectivity index (χ4n) is 3.90. The smallest absolute Gasteiger partial charge is 0.269 e. The summed E-state index contributed by atoms with van der Waals surface area (Å²) in [5, 5.41) is 17.4. The fraction of sp³-hybridized carbons (Fsp3) is 0.130. The molecule has 0 saturated carbocycles. The third-order valence-electron chi connectivity index (χ3n) is 5.39. The van der Waals surface area contributed by atoms with Crippen molar-refractivity contribution in [2.45, 2.75) is 18.7 Å². The molecular formula is C23H17N3O4. The van der Waals surface area contributed by atoms with Crippen LogP contribution in [-0.2, 0) is 0 Å². The Bertz CT molecular complexity index is 1160. The van der Waals surface area contributed by atoms with E-state index in [1.807, 2.05) is 54.6 Å². The van der Waals surface area contributed by atoms with Gasteiger partial charge in [-0.15, -0.1) is 0 Å². The normalized spacial score (nSPS) is 19.3. The largest absolute Gasteiger partial charge is 0.461 e. The van der Waals surface area contributed by atoms with Gasteiger partial charge in [0, 0.05) is 29.7 Å². The quantitative estimate of drug-likeness (QED) is 0.370. The van der Waals surface area contributed by atoms with Crippen LogP contribution in [0.2, 0.25) is 0 Å². The number of nitro groups is 1. The zero-order valence-electron chi connectivity index (χ0n) is 15.8. The van der Waals surface area contributed by atoms with Gasteiger partial charge < -0.3 is 4.74 Å². The molecule has 0 aromatic heterocycles. The summed E-state index contributed by atoms with van der Waals surface area (Å²) in [5.74, 6) is 0.367. The van der Waals surface area contributed by atoms with Crippen LogP contribution in [0.15, 0.2) is 84.0 Å². The first kappa shape index (κ1) is 18.1. The Labute approximate surface area is 172 Å². The molecule has 0 radical (unpaired) electrons. The molecule has 148 valence electrons. The number of fused-ring (bicyclic) bond motifs is 3. The lowest BCUT2D eigenvalue weighted by Crippen LogP contribution is -2.45. The Kier molecular flexibility index (Phi) is 4.28. The third-order valence-corrected chi connectivity index (χ3v) is 5.39. The summed E-state index contributed by atoms with van der Waals surface area (Å²) in [7, 11) is 0. The summed E-state index contributed by atoms with van der Waals surface area (Å²) in [6.45, 7) is 0. The van der Waals surface area contributed by atoms with E-state index in [1.54, 1.807) is 5.01 Å². The summed E-state index contributed by atoms with van der Waals surface area (Å²) in [6, 6.07) is 23.0. The van der Waals surface area contributed by atoms with Crippen LogP contribution in [-0.4, -0.2) is 27.7 Å². The summed E-state index contributed by atoms with van der Waals surface area (Å²) >= 11 is 0. The molecule has 0 bridgehead atoms. The Morgan fingerprint density at radius 3 is 2.43 bits per heavy atom. The second kappa shape index (κ2) is 7.11. The number of Topliss-reactive ketones (excluding diaryl/α,β-unsaturated/α-hetero) is 1. The van der Waals surface area contributed by atoms with E-state index < -0.39 is 11.2 Å². The molecule has 0 fully saturated rings. The van der Waals surface area contributed by atoms with E-state index in [4.69, 9.17) is 9.84 Å². The highest BCUT2D eigenvalue weighted by Crippen LogP contribution is 2.43. The van der Waals surface area contributed by atoms with Crippen LogP contribution in [0.5, 0.6) is 5.75 Å². The molecule has 5 rings (SSSR count). The molecule has 3 aromatic carbocycles. The molecule has 0 aliphatic carbocycles. The van der Waals surface area contributed by atoms with Gasteiger partial charge in [0.15, 0.2) is 0 Å². The van der Waals surface area contributed by atoms with Gasteiger partial charge in [-0.05, 0) is 23.8 Å². The van der Waals surface area contributed by atoms with Gasteiger partial charge >= 0.3 is 0 Å². The number of para-hydroxylation sites is 1. The average molecular weight is 399 g/mol. The highest BCUT2D eigenvalue weighted by molar-refractivity contribution is 6.03. The van der Waals surface area contributed by atoms with E-state index in [1.165, 1.54) is 24.3 Å². The lowest BCUT2D eigenvalue weighted by atomic mass is 9.96. The van der Waals surface area contributed by atoms with Gasteiger partial charge in [0.25, 0.3) is 11.9 Å². The predicted molar refractivity (Wildman–Crippen MR) is 110 cm³/mol. The Morgan fingerprint density at radius 2 is 1.70 bits per heavy atom. The van der Waals surface area contributed by atoms with Crippen LogP contribution in [0.1, 0.15) is 33.9 Å². The van der Waals surface area contributed by atoms with Crippen molar-refractivity contribution in [2.24, 2.45) is 5.10 Å². The molecule has 2 heterocycles. The van der Waals surface area contributed by atoms with Crippen molar-refractivity contribution < 1.29 is 14.5 Å². The number of benzene rings is 3. The van der Waals surface area contributed by atoms with Gasteiger partial charge in [0.1, 0.15) is 5.75 Å². The summed E-state index contributed by atoms with van der Waals surface area (Å²) < 4.78 is 6.06. The number of hydrazone groups is 1. The first-order valence-corrected chi connectivity index (χ1v) is 9.57. The fourth-order valence-corrected chi connectivity index (χ4v) is 3.90. The first-order chi connectivity index (χ1) is 14.6. The number of hydrogen-bond acceptors (Lipinski definition) is 6. The second-order valence-corrected chi connectivity index (χ2v) is 7.19. The summed E-state index contributed by atoms with van der Waals surface area (Å²) in [6.07, 6.45) is -0.276. The number of ketones is 1. The zero-order valence-corrected chi connectivity index (χ0v) is 15.8. The first-order valence-electron chi connectivity index (χ1n) is 9.57. The number of nitro benzene ring substituents is 1. The predicted octanol–water partition coefficient (Wildman–Crippen LogP) is 4.35. The van der Waals surface area contributed by atoms with E-state index in [9.17, 15) is 14.9 Å². The topological polar surface area (TPSA) is 85.0 Å². The van der Waals surface area contributed by atoms with E-state index >= 15 is 0 Å². The highest BCUT2D eigenvalue weighted by Gasteiger charge is 2.43.